The zero-order chi connectivity index (χ0) is 22.9. The van der Waals surface area contributed by atoms with E-state index in [0.717, 1.165) is 82.1 Å². The van der Waals surface area contributed by atoms with Gasteiger partial charge in [-0.15, -0.1) is 0 Å². The Morgan fingerprint density at radius 2 is 1.85 bits per heavy atom. The van der Waals surface area contributed by atoms with Crippen LogP contribution in [0.5, 0.6) is 0 Å². The van der Waals surface area contributed by atoms with Crippen molar-refractivity contribution in [3.05, 3.63) is 48.7 Å². The summed E-state index contributed by atoms with van der Waals surface area (Å²) in [6.45, 7) is 5.88. The zero-order valence-corrected chi connectivity index (χ0v) is 19.2. The second-order valence-corrected chi connectivity index (χ2v) is 8.74. The van der Waals surface area contributed by atoms with Gasteiger partial charge < -0.3 is 15.2 Å². The predicted molar refractivity (Wildman–Crippen MR) is 133 cm³/mol. The highest BCUT2D eigenvalue weighted by atomic mass is 15.2. The van der Waals surface area contributed by atoms with E-state index in [0.29, 0.717) is 0 Å². The van der Waals surface area contributed by atoms with Crippen LogP contribution in [0.25, 0.3) is 44.7 Å². The second kappa shape index (κ2) is 8.83. The molecule has 1 fully saturated rings. The maximum Gasteiger partial charge on any atom is 0.159 e. The van der Waals surface area contributed by atoms with Crippen molar-refractivity contribution < 1.29 is 0 Å². The van der Waals surface area contributed by atoms with Crippen molar-refractivity contribution in [1.82, 2.24) is 40.4 Å². The van der Waals surface area contributed by atoms with Gasteiger partial charge in [0.1, 0.15) is 11.2 Å². The number of nitrogens with one attached hydrogen (secondary N) is 3. The summed E-state index contributed by atoms with van der Waals surface area (Å²) in [7, 11) is 0. The van der Waals surface area contributed by atoms with E-state index < -0.39 is 0 Å². The molecule has 34 heavy (non-hydrogen) atoms. The number of rotatable bonds is 6. The number of hydrogen-bond acceptors (Lipinski definition) is 7. The molecule has 0 atom stereocenters. The first kappa shape index (κ1) is 20.7. The van der Waals surface area contributed by atoms with Gasteiger partial charge in [-0.1, -0.05) is 6.92 Å². The van der Waals surface area contributed by atoms with Crippen LogP contribution in [0.3, 0.4) is 0 Å². The molecule has 9 heteroatoms. The number of pyridine rings is 3. The molecule has 1 aliphatic rings. The van der Waals surface area contributed by atoms with Gasteiger partial charge in [0, 0.05) is 43.0 Å². The Morgan fingerprint density at radius 1 is 0.971 bits per heavy atom. The smallest absolute Gasteiger partial charge is 0.159 e. The van der Waals surface area contributed by atoms with Crippen LogP contribution in [0.1, 0.15) is 31.7 Å². The molecule has 5 aromatic heterocycles. The molecular formula is C25H27N9. The summed E-state index contributed by atoms with van der Waals surface area (Å²) >= 11 is 0. The van der Waals surface area contributed by atoms with Gasteiger partial charge in [-0.2, -0.15) is 5.10 Å². The lowest BCUT2D eigenvalue weighted by atomic mass is 10.1. The molecule has 0 amide bonds. The average molecular weight is 454 g/mol. The van der Waals surface area contributed by atoms with Crippen molar-refractivity contribution in [2.75, 3.05) is 24.5 Å². The fraction of sp³-hybridized carbons (Fsp3) is 0.320. The lowest BCUT2D eigenvalue weighted by Crippen LogP contribution is -2.29. The number of H-pyrrole nitrogens is 2. The minimum Gasteiger partial charge on any atom is -0.368 e. The quantitative estimate of drug-likeness (QED) is 0.355. The third-order valence-corrected chi connectivity index (χ3v) is 6.41. The van der Waals surface area contributed by atoms with Gasteiger partial charge in [0.15, 0.2) is 5.82 Å². The molecule has 172 valence electrons. The van der Waals surface area contributed by atoms with E-state index in [2.05, 4.69) is 59.4 Å². The van der Waals surface area contributed by atoms with Crippen LogP contribution in [0.15, 0.2) is 43.1 Å². The first-order chi connectivity index (χ1) is 16.8. The van der Waals surface area contributed by atoms with Crippen LogP contribution >= 0.6 is 0 Å². The maximum atomic E-state index is 4.97. The molecule has 1 saturated heterocycles. The van der Waals surface area contributed by atoms with Crippen molar-refractivity contribution in [2.24, 2.45) is 0 Å². The van der Waals surface area contributed by atoms with Crippen LogP contribution < -0.4 is 10.2 Å². The minimum atomic E-state index is 0.726. The van der Waals surface area contributed by atoms with Gasteiger partial charge in [0.05, 0.1) is 41.0 Å². The fourth-order valence-corrected chi connectivity index (χ4v) is 4.65. The van der Waals surface area contributed by atoms with Crippen LogP contribution in [-0.4, -0.2) is 54.8 Å². The third kappa shape index (κ3) is 3.77. The molecule has 6 heterocycles. The fourth-order valence-electron chi connectivity index (χ4n) is 4.65. The average Bonchev–Trinajstić information content (AvgIpc) is 3.51. The van der Waals surface area contributed by atoms with Crippen LogP contribution in [-0.2, 0) is 6.54 Å². The number of aromatic amines is 2. The Bertz CT molecular complexity index is 1450. The highest BCUT2D eigenvalue weighted by Crippen LogP contribution is 2.32. The van der Waals surface area contributed by atoms with E-state index in [1.807, 2.05) is 31.0 Å². The molecule has 6 rings (SSSR count). The Kier molecular flexibility index (Phi) is 5.38. The second-order valence-electron chi connectivity index (χ2n) is 8.74. The standard InChI is InChI=1S/C25H27N9/c1-2-26-10-16-8-17(12-27-11-16)19-9-18-20(14-29-19)32-33-23(18)25-30-21-13-28-15-22(24(21)31-25)34-6-4-3-5-7-34/h8-9,11-15,26H,2-7,10H2,1H3,(H,30,31)(H,32,33). The topological polar surface area (TPSA) is 111 Å². The van der Waals surface area contributed by atoms with Crippen molar-refractivity contribution >= 4 is 27.6 Å². The number of aromatic nitrogens is 7. The first-order valence-corrected chi connectivity index (χ1v) is 11.9. The molecule has 0 saturated carbocycles. The van der Waals surface area contributed by atoms with Crippen LogP contribution in [0.4, 0.5) is 5.69 Å². The molecular weight excluding hydrogens is 426 g/mol. The van der Waals surface area contributed by atoms with Gasteiger partial charge in [-0.25, -0.2) is 4.98 Å². The third-order valence-electron chi connectivity index (χ3n) is 6.41. The molecule has 9 nitrogen and oxygen atoms in total. The lowest BCUT2D eigenvalue weighted by Gasteiger charge is -2.28. The highest BCUT2D eigenvalue weighted by molar-refractivity contribution is 5.96. The van der Waals surface area contributed by atoms with Crippen LogP contribution in [0.2, 0.25) is 0 Å². The number of fused-ring (bicyclic) bond motifs is 2. The number of hydrogen-bond donors (Lipinski definition) is 3. The Morgan fingerprint density at radius 3 is 2.74 bits per heavy atom. The number of nitrogens with zero attached hydrogens (tertiary/aromatic N) is 6. The summed E-state index contributed by atoms with van der Waals surface area (Å²) < 4.78 is 0. The SMILES string of the molecule is CCNCc1cncc(-c2cc3c(-c4nc5c(N6CCCCC6)cncc5[nH]4)n[nH]c3cn2)c1. The van der Waals surface area contributed by atoms with Crippen LogP contribution in [0, 0.1) is 0 Å². The maximum absolute atomic E-state index is 4.97. The Hall–Kier alpha value is -3.85. The van der Waals surface area contributed by atoms with E-state index in [-0.39, 0.29) is 0 Å². The van der Waals surface area contributed by atoms with Crippen molar-refractivity contribution in [3.63, 3.8) is 0 Å². The van der Waals surface area contributed by atoms with Gasteiger partial charge in [0.2, 0.25) is 0 Å². The molecule has 0 aromatic carbocycles. The van der Waals surface area contributed by atoms with E-state index in [9.17, 15) is 0 Å². The zero-order valence-electron chi connectivity index (χ0n) is 19.2. The first-order valence-electron chi connectivity index (χ1n) is 11.9. The molecule has 0 bridgehead atoms. The minimum absolute atomic E-state index is 0.726. The van der Waals surface area contributed by atoms with E-state index in [4.69, 9.17) is 4.98 Å². The predicted octanol–water partition coefficient (Wildman–Crippen LogP) is 4.06. The highest BCUT2D eigenvalue weighted by Gasteiger charge is 2.19. The van der Waals surface area contributed by atoms with Gasteiger partial charge >= 0.3 is 0 Å². The normalized spacial score (nSPS) is 14.3. The van der Waals surface area contributed by atoms with Crippen molar-refractivity contribution in [1.29, 1.82) is 0 Å². The summed E-state index contributed by atoms with van der Waals surface area (Å²) in [5.74, 6) is 0.726. The largest absolute Gasteiger partial charge is 0.368 e. The van der Waals surface area contributed by atoms with Crippen molar-refractivity contribution in [3.8, 4) is 22.8 Å². The Balaban J connectivity index is 1.40. The molecule has 5 aromatic rings. The van der Waals surface area contributed by atoms with E-state index in [1.165, 1.54) is 19.3 Å². The van der Waals surface area contributed by atoms with Gasteiger partial charge in [-0.05, 0) is 43.5 Å². The van der Waals surface area contributed by atoms with Crippen molar-refractivity contribution in [2.45, 2.75) is 32.7 Å². The Labute approximate surface area is 197 Å². The molecule has 0 aliphatic carbocycles. The van der Waals surface area contributed by atoms with Gasteiger partial charge in [-0.3, -0.25) is 20.1 Å². The number of imidazole rings is 1. The summed E-state index contributed by atoms with van der Waals surface area (Å²) in [6, 6.07) is 4.18. The molecule has 0 spiro atoms. The number of anilines is 1. The molecule has 1 aliphatic heterocycles. The molecule has 3 N–H and O–H groups in total. The molecule has 0 unspecified atom stereocenters. The van der Waals surface area contributed by atoms with E-state index in [1.54, 1.807) is 0 Å². The number of piperidine rings is 1. The molecule has 0 radical (unpaired) electrons. The van der Waals surface area contributed by atoms with E-state index >= 15 is 0 Å². The summed E-state index contributed by atoms with van der Waals surface area (Å²) in [6.07, 6.45) is 13.0. The lowest BCUT2D eigenvalue weighted by molar-refractivity contribution is 0.578. The van der Waals surface area contributed by atoms with Gasteiger partial charge in [0.25, 0.3) is 0 Å². The summed E-state index contributed by atoms with van der Waals surface area (Å²) in [5.41, 5.74) is 7.55. The summed E-state index contributed by atoms with van der Waals surface area (Å²) in [4.78, 5) is 24.3. The monoisotopic (exact) mass is 453 g/mol. The summed E-state index contributed by atoms with van der Waals surface area (Å²) in [5, 5.41) is 12.0.